The summed E-state index contributed by atoms with van der Waals surface area (Å²) in [6, 6.07) is 3.88. The number of rotatable bonds is 5. The fourth-order valence-electron chi connectivity index (χ4n) is 1.74. The lowest BCUT2D eigenvalue weighted by Gasteiger charge is -2.37. The van der Waals surface area contributed by atoms with Gasteiger partial charge in [0, 0.05) is 16.4 Å². The summed E-state index contributed by atoms with van der Waals surface area (Å²) in [5.74, 6) is -1.17. The smallest absolute Gasteiger partial charge is 0.335 e. The molecule has 20 heavy (non-hydrogen) atoms. The summed E-state index contributed by atoms with van der Waals surface area (Å²) in [7, 11) is -3.77. The maximum Gasteiger partial charge on any atom is 0.335 e. The average molecular weight is 364 g/mol. The van der Waals surface area contributed by atoms with Crippen molar-refractivity contribution < 1.29 is 23.1 Å². The zero-order valence-electron chi connectivity index (χ0n) is 10.7. The number of carbonyl (C=O) groups is 1. The monoisotopic (exact) mass is 363 g/mol. The first kappa shape index (κ1) is 15.4. The van der Waals surface area contributed by atoms with Crippen molar-refractivity contribution in [2.24, 2.45) is 5.41 Å². The fourth-order valence-corrected chi connectivity index (χ4v) is 3.93. The Kier molecular flexibility index (Phi) is 4.19. The molecule has 8 heteroatoms. The molecule has 0 unspecified atom stereocenters. The molecule has 1 aliphatic heterocycles. The molecule has 110 valence electrons. The molecule has 0 bridgehead atoms. The van der Waals surface area contributed by atoms with Crippen LogP contribution in [0.1, 0.15) is 17.3 Å². The average Bonchev–Trinajstić information content (AvgIpc) is 2.34. The van der Waals surface area contributed by atoms with Gasteiger partial charge in [0.15, 0.2) is 0 Å². The van der Waals surface area contributed by atoms with Gasteiger partial charge in [-0.15, -0.1) is 0 Å². The SMILES string of the molecule is CC1(CNS(=O)(=O)c2cc(C(=O)O)ccc2Br)COC1. The van der Waals surface area contributed by atoms with Crippen LogP contribution in [0, 0.1) is 5.41 Å². The van der Waals surface area contributed by atoms with Crippen molar-refractivity contribution in [1.29, 1.82) is 0 Å². The third kappa shape index (κ3) is 3.20. The molecule has 0 amide bonds. The first-order valence-electron chi connectivity index (χ1n) is 5.84. The van der Waals surface area contributed by atoms with Crippen molar-refractivity contribution in [3.05, 3.63) is 28.2 Å². The standard InChI is InChI=1S/C12H14BrNO5S/c1-12(6-19-7-12)5-14-20(17,18)10-4-8(11(15)16)2-3-9(10)13/h2-4,14H,5-7H2,1H3,(H,15,16). The second-order valence-corrected chi connectivity index (χ2v) is 7.67. The van der Waals surface area contributed by atoms with E-state index in [9.17, 15) is 13.2 Å². The Morgan fingerprint density at radius 2 is 2.15 bits per heavy atom. The van der Waals surface area contributed by atoms with Crippen LogP contribution >= 0.6 is 15.9 Å². The molecule has 1 saturated heterocycles. The van der Waals surface area contributed by atoms with E-state index in [-0.39, 0.29) is 22.4 Å². The van der Waals surface area contributed by atoms with Crippen LogP contribution < -0.4 is 4.72 Å². The molecule has 0 aliphatic carbocycles. The van der Waals surface area contributed by atoms with Crippen molar-refractivity contribution in [3.8, 4) is 0 Å². The maximum absolute atomic E-state index is 12.2. The molecular weight excluding hydrogens is 350 g/mol. The van der Waals surface area contributed by atoms with Gasteiger partial charge >= 0.3 is 5.97 Å². The molecule has 1 aromatic carbocycles. The molecular formula is C12H14BrNO5S. The first-order chi connectivity index (χ1) is 9.23. The number of halogens is 1. The summed E-state index contributed by atoms with van der Waals surface area (Å²) in [5, 5.41) is 8.93. The number of ether oxygens (including phenoxy) is 1. The normalized spacial score (nSPS) is 17.5. The Labute approximate surface area is 125 Å². The predicted octanol–water partition coefficient (Wildman–Crippen LogP) is 1.46. The van der Waals surface area contributed by atoms with E-state index in [2.05, 4.69) is 20.7 Å². The summed E-state index contributed by atoms with van der Waals surface area (Å²) in [6.45, 7) is 3.18. The van der Waals surface area contributed by atoms with Gasteiger partial charge in [0.1, 0.15) is 0 Å². The Morgan fingerprint density at radius 1 is 1.50 bits per heavy atom. The minimum atomic E-state index is -3.77. The Morgan fingerprint density at radius 3 is 2.65 bits per heavy atom. The zero-order chi connectivity index (χ0) is 15.0. The third-order valence-electron chi connectivity index (χ3n) is 3.06. The lowest BCUT2D eigenvalue weighted by atomic mass is 9.89. The largest absolute Gasteiger partial charge is 0.478 e. The summed E-state index contributed by atoms with van der Waals surface area (Å²) < 4.78 is 32.4. The molecule has 1 aromatic rings. The number of hydrogen-bond donors (Lipinski definition) is 2. The van der Waals surface area contributed by atoms with E-state index in [0.29, 0.717) is 17.7 Å². The molecule has 0 saturated carbocycles. The minimum Gasteiger partial charge on any atom is -0.478 e. The highest BCUT2D eigenvalue weighted by atomic mass is 79.9. The van der Waals surface area contributed by atoms with Crippen molar-refractivity contribution in [3.63, 3.8) is 0 Å². The highest BCUT2D eigenvalue weighted by Crippen LogP contribution is 2.27. The molecule has 1 fully saturated rings. The number of hydrogen-bond acceptors (Lipinski definition) is 4. The van der Waals surface area contributed by atoms with Crippen molar-refractivity contribution in [1.82, 2.24) is 4.72 Å². The van der Waals surface area contributed by atoms with Gasteiger partial charge in [-0.25, -0.2) is 17.9 Å². The van der Waals surface area contributed by atoms with E-state index in [1.54, 1.807) is 0 Å². The molecule has 0 spiro atoms. The van der Waals surface area contributed by atoms with Crippen LogP contribution in [0.2, 0.25) is 0 Å². The molecule has 0 aromatic heterocycles. The number of carboxylic acids is 1. The second-order valence-electron chi connectivity index (χ2n) is 5.08. The van der Waals surface area contributed by atoms with E-state index in [4.69, 9.17) is 9.84 Å². The lowest BCUT2D eigenvalue weighted by molar-refractivity contribution is -0.0965. The summed E-state index contributed by atoms with van der Waals surface area (Å²) in [4.78, 5) is 10.8. The summed E-state index contributed by atoms with van der Waals surface area (Å²) >= 11 is 3.13. The zero-order valence-corrected chi connectivity index (χ0v) is 13.1. The van der Waals surface area contributed by atoms with Gasteiger partial charge < -0.3 is 9.84 Å². The van der Waals surface area contributed by atoms with E-state index >= 15 is 0 Å². The van der Waals surface area contributed by atoms with E-state index in [1.807, 2.05) is 6.92 Å². The Bertz CT molecular complexity index is 639. The van der Waals surface area contributed by atoms with Crippen molar-refractivity contribution in [2.75, 3.05) is 19.8 Å². The second kappa shape index (κ2) is 5.44. The number of aromatic carboxylic acids is 1. The first-order valence-corrected chi connectivity index (χ1v) is 8.11. The summed E-state index contributed by atoms with van der Waals surface area (Å²) in [6.07, 6.45) is 0. The Hall–Kier alpha value is -0.960. The highest BCUT2D eigenvalue weighted by Gasteiger charge is 2.35. The number of nitrogens with one attached hydrogen (secondary N) is 1. The topological polar surface area (TPSA) is 92.7 Å². The van der Waals surface area contributed by atoms with Crippen LogP contribution in [-0.4, -0.2) is 39.3 Å². The number of benzene rings is 1. The molecule has 2 N–H and O–H groups in total. The highest BCUT2D eigenvalue weighted by molar-refractivity contribution is 9.10. The Balaban J connectivity index is 2.24. The van der Waals surface area contributed by atoms with Gasteiger partial charge in [-0.3, -0.25) is 0 Å². The van der Waals surface area contributed by atoms with Crippen LogP contribution in [0.15, 0.2) is 27.6 Å². The lowest BCUT2D eigenvalue weighted by Crippen LogP contribution is -2.48. The van der Waals surface area contributed by atoms with Crippen LogP contribution in [-0.2, 0) is 14.8 Å². The van der Waals surface area contributed by atoms with Gasteiger partial charge in [-0.2, -0.15) is 0 Å². The molecule has 1 aliphatic rings. The van der Waals surface area contributed by atoms with Crippen LogP contribution in [0.25, 0.3) is 0 Å². The maximum atomic E-state index is 12.2. The molecule has 1 heterocycles. The predicted molar refractivity (Wildman–Crippen MR) is 75.2 cm³/mol. The molecule has 2 rings (SSSR count). The van der Waals surface area contributed by atoms with Crippen molar-refractivity contribution in [2.45, 2.75) is 11.8 Å². The fraction of sp³-hybridized carbons (Fsp3) is 0.417. The summed E-state index contributed by atoms with van der Waals surface area (Å²) in [5.41, 5.74) is -0.281. The van der Waals surface area contributed by atoms with E-state index < -0.39 is 16.0 Å². The van der Waals surface area contributed by atoms with Gasteiger partial charge in [0.05, 0.1) is 23.7 Å². The molecule has 0 atom stereocenters. The van der Waals surface area contributed by atoms with Crippen molar-refractivity contribution >= 4 is 31.9 Å². The number of carboxylic acid groups (broad SMARTS) is 1. The van der Waals surface area contributed by atoms with Gasteiger partial charge in [-0.05, 0) is 34.1 Å². The van der Waals surface area contributed by atoms with Gasteiger partial charge in [0.25, 0.3) is 0 Å². The van der Waals surface area contributed by atoms with E-state index in [0.717, 1.165) is 6.07 Å². The van der Waals surface area contributed by atoms with Gasteiger partial charge in [0.2, 0.25) is 10.0 Å². The third-order valence-corrected chi connectivity index (χ3v) is 5.45. The minimum absolute atomic E-state index is 0.0771. The van der Waals surface area contributed by atoms with Crippen LogP contribution in [0.4, 0.5) is 0 Å². The van der Waals surface area contributed by atoms with Crippen LogP contribution in [0.3, 0.4) is 0 Å². The number of sulfonamides is 1. The molecule has 0 radical (unpaired) electrons. The van der Waals surface area contributed by atoms with Crippen LogP contribution in [0.5, 0.6) is 0 Å². The van der Waals surface area contributed by atoms with E-state index in [1.165, 1.54) is 12.1 Å². The molecule has 6 nitrogen and oxygen atoms in total. The quantitative estimate of drug-likeness (QED) is 0.825. The van der Waals surface area contributed by atoms with Gasteiger partial charge in [-0.1, -0.05) is 6.92 Å².